The van der Waals surface area contributed by atoms with E-state index in [1.54, 1.807) is 21.3 Å². The van der Waals surface area contributed by atoms with Gasteiger partial charge in [0, 0.05) is 17.0 Å². The maximum Gasteiger partial charge on any atom is 0.203 e. The van der Waals surface area contributed by atoms with Crippen LogP contribution in [0.25, 0.3) is 0 Å². The van der Waals surface area contributed by atoms with Crippen molar-refractivity contribution in [1.29, 1.82) is 0 Å². The third-order valence-corrected chi connectivity index (χ3v) is 4.84. The number of aryl methyl sites for hydroxylation is 1. The van der Waals surface area contributed by atoms with Gasteiger partial charge in [-0.1, -0.05) is 66.4 Å². The van der Waals surface area contributed by atoms with E-state index in [2.05, 4.69) is 36.1 Å². The summed E-state index contributed by atoms with van der Waals surface area (Å²) < 4.78 is 16.7. The smallest absolute Gasteiger partial charge is 0.203 e. The van der Waals surface area contributed by atoms with Crippen molar-refractivity contribution >= 4 is 0 Å². The molecule has 3 aromatic rings. The van der Waals surface area contributed by atoms with Crippen LogP contribution in [0.4, 0.5) is 0 Å². The Bertz CT molecular complexity index is 969. The van der Waals surface area contributed by atoms with Gasteiger partial charge in [-0.15, -0.1) is 0 Å². The molecule has 29 heavy (non-hydrogen) atoms. The second kappa shape index (κ2) is 10.2. The lowest BCUT2D eigenvalue weighted by Gasteiger charge is -2.19. The van der Waals surface area contributed by atoms with Crippen LogP contribution in [0.3, 0.4) is 0 Å². The molecular formula is C26H26O3. The summed E-state index contributed by atoms with van der Waals surface area (Å²) in [7, 11) is 4.90. The molecule has 0 aliphatic carbocycles. The van der Waals surface area contributed by atoms with Crippen LogP contribution in [0.5, 0.6) is 17.2 Å². The zero-order valence-electron chi connectivity index (χ0n) is 17.1. The third-order valence-electron chi connectivity index (χ3n) is 4.84. The fourth-order valence-electron chi connectivity index (χ4n) is 3.35. The number of methoxy groups -OCH3 is 3. The summed E-state index contributed by atoms with van der Waals surface area (Å²) in [4.78, 5) is 0. The fourth-order valence-corrected chi connectivity index (χ4v) is 3.35. The molecule has 148 valence electrons. The molecule has 0 aromatic heterocycles. The first kappa shape index (κ1) is 20.4. The lowest BCUT2D eigenvalue weighted by molar-refractivity contribution is 0.321. The topological polar surface area (TPSA) is 27.7 Å². The molecule has 0 saturated carbocycles. The van der Waals surface area contributed by atoms with Crippen LogP contribution in [0, 0.1) is 11.8 Å². The van der Waals surface area contributed by atoms with Crippen molar-refractivity contribution in [1.82, 2.24) is 0 Å². The van der Waals surface area contributed by atoms with Gasteiger partial charge in [0.1, 0.15) is 0 Å². The molecule has 0 saturated heterocycles. The molecular weight excluding hydrogens is 360 g/mol. The summed E-state index contributed by atoms with van der Waals surface area (Å²) in [6, 6.07) is 24.4. The van der Waals surface area contributed by atoms with Crippen molar-refractivity contribution in [3.05, 3.63) is 89.5 Å². The number of benzene rings is 3. The van der Waals surface area contributed by atoms with Gasteiger partial charge < -0.3 is 14.2 Å². The Labute approximate surface area is 173 Å². The number of ether oxygens (including phenoxy) is 3. The molecule has 0 bridgehead atoms. The normalized spacial score (nSPS) is 11.1. The van der Waals surface area contributed by atoms with E-state index in [0.29, 0.717) is 17.2 Å². The van der Waals surface area contributed by atoms with E-state index in [0.717, 1.165) is 24.0 Å². The van der Waals surface area contributed by atoms with Crippen molar-refractivity contribution in [3.63, 3.8) is 0 Å². The highest BCUT2D eigenvalue weighted by molar-refractivity contribution is 5.58. The van der Waals surface area contributed by atoms with Crippen molar-refractivity contribution in [2.75, 3.05) is 21.3 Å². The van der Waals surface area contributed by atoms with Crippen LogP contribution in [0.2, 0.25) is 0 Å². The molecule has 0 fully saturated rings. The maximum absolute atomic E-state index is 5.72. The van der Waals surface area contributed by atoms with Gasteiger partial charge >= 0.3 is 0 Å². The molecule has 1 atom stereocenters. The van der Waals surface area contributed by atoms with Gasteiger partial charge in [-0.2, -0.15) is 0 Å². The molecule has 0 amide bonds. The average molecular weight is 386 g/mol. The second-order valence-electron chi connectivity index (χ2n) is 6.64. The molecule has 1 unspecified atom stereocenters. The highest BCUT2D eigenvalue weighted by Gasteiger charge is 2.21. The monoisotopic (exact) mass is 386 g/mol. The minimum absolute atomic E-state index is 0.00910. The van der Waals surface area contributed by atoms with Gasteiger partial charge in [-0.05, 0) is 36.6 Å². The summed E-state index contributed by atoms with van der Waals surface area (Å²) in [6.45, 7) is 0. The van der Waals surface area contributed by atoms with E-state index in [1.807, 2.05) is 48.5 Å². The first-order valence-electron chi connectivity index (χ1n) is 9.66. The Morgan fingerprint density at radius 1 is 0.724 bits per heavy atom. The van der Waals surface area contributed by atoms with Crippen molar-refractivity contribution < 1.29 is 14.2 Å². The maximum atomic E-state index is 5.72. The Morgan fingerprint density at radius 2 is 1.38 bits per heavy atom. The Morgan fingerprint density at radius 3 is 2.00 bits per heavy atom. The Kier molecular flexibility index (Phi) is 7.19. The predicted molar refractivity (Wildman–Crippen MR) is 117 cm³/mol. The molecule has 0 aliphatic heterocycles. The van der Waals surface area contributed by atoms with E-state index in [4.69, 9.17) is 14.2 Å². The van der Waals surface area contributed by atoms with Crippen molar-refractivity contribution in [2.45, 2.75) is 18.8 Å². The number of rotatable bonds is 7. The SMILES string of the molecule is COc1ccc(C(C#Cc2ccccc2)CCc2ccccc2)c(OC)c1OC. The van der Waals surface area contributed by atoms with Gasteiger partial charge in [-0.25, -0.2) is 0 Å². The van der Waals surface area contributed by atoms with Crippen LogP contribution in [-0.2, 0) is 6.42 Å². The quantitative estimate of drug-likeness (QED) is 0.503. The predicted octanol–water partition coefficient (Wildman–Crippen LogP) is 5.48. The standard InChI is InChI=1S/C26H26O3/c1-27-24-19-18-23(25(28-2)26(24)29-3)22(16-14-20-10-6-4-7-11-20)17-15-21-12-8-5-9-13-21/h4-13,18-19,22H,14,16H2,1-3H3. The van der Waals surface area contributed by atoms with E-state index >= 15 is 0 Å². The third kappa shape index (κ3) is 5.12. The Hall–Kier alpha value is -3.38. The van der Waals surface area contributed by atoms with Crippen LogP contribution in [0.15, 0.2) is 72.8 Å². The van der Waals surface area contributed by atoms with Gasteiger partial charge in [0.05, 0.1) is 21.3 Å². The van der Waals surface area contributed by atoms with E-state index in [1.165, 1.54) is 5.56 Å². The molecule has 3 nitrogen and oxygen atoms in total. The lowest BCUT2D eigenvalue weighted by atomic mass is 9.91. The van der Waals surface area contributed by atoms with Crippen molar-refractivity contribution in [2.24, 2.45) is 0 Å². The van der Waals surface area contributed by atoms with E-state index < -0.39 is 0 Å². The van der Waals surface area contributed by atoms with E-state index in [-0.39, 0.29) is 5.92 Å². The zero-order valence-corrected chi connectivity index (χ0v) is 17.1. The van der Waals surface area contributed by atoms with Crippen LogP contribution >= 0.6 is 0 Å². The summed E-state index contributed by atoms with van der Waals surface area (Å²) in [5.74, 6) is 8.68. The van der Waals surface area contributed by atoms with Crippen LogP contribution < -0.4 is 14.2 Å². The molecule has 0 N–H and O–H groups in total. The summed E-state index contributed by atoms with van der Waals surface area (Å²) in [5, 5.41) is 0. The largest absolute Gasteiger partial charge is 0.493 e. The first-order chi connectivity index (χ1) is 14.3. The molecule has 3 rings (SSSR count). The average Bonchev–Trinajstić information content (AvgIpc) is 2.79. The highest BCUT2D eigenvalue weighted by Crippen LogP contribution is 2.43. The minimum Gasteiger partial charge on any atom is -0.493 e. The molecule has 3 heteroatoms. The molecule has 0 aliphatic rings. The molecule has 0 radical (unpaired) electrons. The zero-order chi connectivity index (χ0) is 20.5. The highest BCUT2D eigenvalue weighted by atomic mass is 16.5. The summed E-state index contributed by atoms with van der Waals surface area (Å²) in [5.41, 5.74) is 3.29. The van der Waals surface area contributed by atoms with Gasteiger partial charge in [0.2, 0.25) is 5.75 Å². The summed E-state index contributed by atoms with van der Waals surface area (Å²) >= 11 is 0. The minimum atomic E-state index is -0.00910. The van der Waals surface area contributed by atoms with Crippen molar-refractivity contribution in [3.8, 4) is 29.1 Å². The first-order valence-corrected chi connectivity index (χ1v) is 9.66. The van der Waals surface area contributed by atoms with Gasteiger partial charge in [-0.3, -0.25) is 0 Å². The Balaban J connectivity index is 1.99. The second-order valence-corrected chi connectivity index (χ2v) is 6.64. The summed E-state index contributed by atoms with van der Waals surface area (Å²) in [6.07, 6.45) is 1.79. The van der Waals surface area contributed by atoms with Crippen LogP contribution in [-0.4, -0.2) is 21.3 Å². The number of hydrogen-bond donors (Lipinski definition) is 0. The lowest BCUT2D eigenvalue weighted by Crippen LogP contribution is -2.04. The van der Waals surface area contributed by atoms with Gasteiger partial charge in [0.25, 0.3) is 0 Å². The molecule has 0 spiro atoms. The van der Waals surface area contributed by atoms with Crippen LogP contribution in [0.1, 0.15) is 29.0 Å². The molecule has 0 heterocycles. The van der Waals surface area contributed by atoms with Gasteiger partial charge in [0.15, 0.2) is 11.5 Å². The number of hydrogen-bond acceptors (Lipinski definition) is 3. The van der Waals surface area contributed by atoms with E-state index in [9.17, 15) is 0 Å². The fraction of sp³-hybridized carbons (Fsp3) is 0.231. The molecule has 3 aromatic carbocycles.